The van der Waals surface area contributed by atoms with Crippen LogP contribution in [0.5, 0.6) is 5.75 Å². The number of pyridine rings is 1. The minimum atomic E-state index is -0.362. The third kappa shape index (κ3) is 3.00. The van der Waals surface area contributed by atoms with Crippen molar-refractivity contribution < 1.29 is 9.53 Å². The summed E-state index contributed by atoms with van der Waals surface area (Å²) in [4.78, 5) is 18.7. The Morgan fingerprint density at radius 1 is 0.962 bits per heavy atom. The van der Waals surface area contributed by atoms with Crippen molar-refractivity contribution in [3.05, 3.63) is 82.7 Å². The normalized spacial score (nSPS) is 10.8. The third-order valence-corrected chi connectivity index (χ3v) is 5.21. The van der Waals surface area contributed by atoms with E-state index in [0.717, 1.165) is 32.6 Å². The molecule has 2 aromatic heterocycles. The first-order valence-electron chi connectivity index (χ1n) is 8.35. The van der Waals surface area contributed by atoms with Crippen molar-refractivity contribution in [1.29, 1.82) is 0 Å². The highest BCUT2D eigenvalue weighted by molar-refractivity contribution is 7.13. The van der Waals surface area contributed by atoms with Gasteiger partial charge in [-0.05, 0) is 48.6 Å². The van der Waals surface area contributed by atoms with Crippen LogP contribution in [-0.2, 0) is 0 Å². The molecule has 2 heterocycles. The van der Waals surface area contributed by atoms with Crippen molar-refractivity contribution in [2.75, 3.05) is 0 Å². The maximum Gasteiger partial charge on any atom is 0.344 e. The van der Waals surface area contributed by atoms with E-state index in [4.69, 9.17) is 9.72 Å². The van der Waals surface area contributed by atoms with Crippen molar-refractivity contribution in [2.24, 2.45) is 0 Å². The van der Waals surface area contributed by atoms with E-state index in [1.165, 1.54) is 0 Å². The molecule has 0 aliphatic heterocycles. The fourth-order valence-corrected chi connectivity index (χ4v) is 3.69. The second-order valence-electron chi connectivity index (χ2n) is 6.16. The molecular weight excluding hydrogens is 342 g/mol. The number of esters is 1. The molecule has 0 bridgehead atoms. The van der Waals surface area contributed by atoms with Gasteiger partial charge in [0.2, 0.25) is 0 Å². The van der Waals surface area contributed by atoms with Gasteiger partial charge in [0.05, 0.1) is 21.7 Å². The molecule has 0 aliphatic rings. The molecule has 0 unspecified atom stereocenters. The Morgan fingerprint density at radius 2 is 1.73 bits per heavy atom. The Kier molecular flexibility index (Phi) is 4.27. The van der Waals surface area contributed by atoms with Crippen molar-refractivity contribution in [2.45, 2.75) is 13.8 Å². The number of fused-ring (bicyclic) bond motifs is 1. The van der Waals surface area contributed by atoms with E-state index in [2.05, 4.69) is 0 Å². The average Bonchev–Trinajstić information content (AvgIpc) is 3.18. The van der Waals surface area contributed by atoms with Crippen LogP contribution in [0.25, 0.3) is 21.5 Å². The predicted molar refractivity (Wildman–Crippen MR) is 106 cm³/mol. The molecular formula is C22H17NO2S. The van der Waals surface area contributed by atoms with Gasteiger partial charge in [0.25, 0.3) is 0 Å². The minimum absolute atomic E-state index is 0.362. The summed E-state index contributed by atoms with van der Waals surface area (Å²) in [6.07, 6.45) is 0. The first-order chi connectivity index (χ1) is 12.6. The van der Waals surface area contributed by atoms with E-state index in [1.807, 2.05) is 79.9 Å². The van der Waals surface area contributed by atoms with Crippen LogP contribution in [0, 0.1) is 13.8 Å². The molecule has 0 amide bonds. The molecule has 4 aromatic rings. The summed E-state index contributed by atoms with van der Waals surface area (Å²) in [6.45, 7) is 3.88. The molecule has 4 rings (SSSR count). The van der Waals surface area contributed by atoms with E-state index in [-0.39, 0.29) is 5.97 Å². The highest BCUT2D eigenvalue weighted by Crippen LogP contribution is 2.29. The topological polar surface area (TPSA) is 39.2 Å². The van der Waals surface area contributed by atoms with Gasteiger partial charge in [-0.25, -0.2) is 9.78 Å². The van der Waals surface area contributed by atoms with Gasteiger partial charge in [-0.3, -0.25) is 0 Å². The van der Waals surface area contributed by atoms with Gasteiger partial charge in [0.1, 0.15) is 5.75 Å². The number of rotatable bonds is 3. The molecule has 0 saturated carbocycles. The number of aromatic nitrogens is 1. The van der Waals surface area contributed by atoms with Crippen LogP contribution in [0.15, 0.2) is 66.0 Å². The van der Waals surface area contributed by atoms with Crippen LogP contribution in [0.1, 0.15) is 21.5 Å². The van der Waals surface area contributed by atoms with E-state index < -0.39 is 0 Å². The third-order valence-electron chi connectivity index (χ3n) is 4.31. The van der Waals surface area contributed by atoms with Gasteiger partial charge in [0.15, 0.2) is 0 Å². The largest absolute Gasteiger partial charge is 0.422 e. The number of hydrogen-bond acceptors (Lipinski definition) is 4. The molecule has 0 fully saturated rings. The van der Waals surface area contributed by atoms with Crippen LogP contribution in [0.2, 0.25) is 0 Å². The first-order valence-corrected chi connectivity index (χ1v) is 9.23. The highest BCUT2D eigenvalue weighted by atomic mass is 32.1. The molecule has 0 N–H and O–H groups in total. The van der Waals surface area contributed by atoms with Crippen LogP contribution < -0.4 is 4.74 Å². The highest BCUT2D eigenvalue weighted by Gasteiger charge is 2.18. The van der Waals surface area contributed by atoms with E-state index in [9.17, 15) is 4.79 Å². The number of aryl methyl sites for hydroxylation is 2. The lowest BCUT2D eigenvalue weighted by Crippen LogP contribution is -2.11. The summed E-state index contributed by atoms with van der Waals surface area (Å²) in [6, 6.07) is 19.3. The molecule has 4 heteroatoms. The summed E-state index contributed by atoms with van der Waals surface area (Å²) in [7, 11) is 0. The van der Waals surface area contributed by atoms with Crippen LogP contribution in [-0.4, -0.2) is 11.0 Å². The lowest BCUT2D eigenvalue weighted by Gasteiger charge is -2.12. The van der Waals surface area contributed by atoms with Crippen molar-refractivity contribution in [3.63, 3.8) is 0 Å². The number of para-hydroxylation sites is 2. The van der Waals surface area contributed by atoms with Crippen molar-refractivity contribution >= 4 is 28.2 Å². The Bertz CT molecular complexity index is 1080. The lowest BCUT2D eigenvalue weighted by atomic mass is 10.1. The van der Waals surface area contributed by atoms with Crippen molar-refractivity contribution in [3.8, 4) is 16.3 Å². The predicted octanol–water partition coefficient (Wildman–Crippen LogP) is 5.80. The summed E-state index contributed by atoms with van der Waals surface area (Å²) in [5, 5.41) is 2.80. The zero-order valence-corrected chi connectivity index (χ0v) is 15.3. The Balaban J connectivity index is 1.83. The summed E-state index contributed by atoms with van der Waals surface area (Å²) in [5.41, 5.74) is 3.98. The van der Waals surface area contributed by atoms with Gasteiger partial charge < -0.3 is 4.74 Å². The smallest absolute Gasteiger partial charge is 0.344 e. The van der Waals surface area contributed by atoms with Gasteiger partial charge in [-0.2, -0.15) is 0 Å². The quantitative estimate of drug-likeness (QED) is 0.343. The maximum atomic E-state index is 13.0. The number of thiophene rings is 1. The number of carbonyl (C=O) groups is 1. The standard InChI is InChI=1S/C22H17NO2S/c1-14-7-5-8-15(2)21(14)25-22(24)17-13-19(20-11-6-12-26-20)23-18-10-4-3-9-16(17)18/h3-13H,1-2H3. The number of hydrogen-bond donors (Lipinski definition) is 0. The molecule has 2 aromatic carbocycles. The van der Waals surface area contributed by atoms with Crippen LogP contribution in [0.4, 0.5) is 0 Å². The molecule has 26 heavy (non-hydrogen) atoms. The SMILES string of the molecule is Cc1cccc(C)c1OC(=O)c1cc(-c2cccs2)nc2ccccc12. The Hall–Kier alpha value is -2.98. The fourth-order valence-electron chi connectivity index (χ4n) is 3.00. The zero-order chi connectivity index (χ0) is 18.1. The van der Waals surface area contributed by atoms with Crippen molar-refractivity contribution in [1.82, 2.24) is 4.98 Å². The average molecular weight is 359 g/mol. The van der Waals surface area contributed by atoms with E-state index >= 15 is 0 Å². The lowest BCUT2D eigenvalue weighted by molar-refractivity contribution is 0.0734. The Morgan fingerprint density at radius 3 is 2.46 bits per heavy atom. The number of benzene rings is 2. The first kappa shape index (κ1) is 16.5. The molecule has 0 aliphatic carbocycles. The maximum absolute atomic E-state index is 13.0. The van der Waals surface area contributed by atoms with Crippen LogP contribution >= 0.6 is 11.3 Å². The second kappa shape index (κ2) is 6.73. The van der Waals surface area contributed by atoms with Gasteiger partial charge in [0, 0.05) is 5.39 Å². The van der Waals surface area contributed by atoms with Crippen LogP contribution in [0.3, 0.4) is 0 Å². The second-order valence-corrected chi connectivity index (χ2v) is 7.11. The zero-order valence-electron chi connectivity index (χ0n) is 14.5. The minimum Gasteiger partial charge on any atom is -0.422 e. The molecule has 128 valence electrons. The monoisotopic (exact) mass is 359 g/mol. The molecule has 3 nitrogen and oxygen atoms in total. The Labute approximate surface area is 155 Å². The molecule has 0 atom stereocenters. The van der Waals surface area contributed by atoms with E-state index in [1.54, 1.807) is 11.3 Å². The molecule has 0 saturated heterocycles. The summed E-state index contributed by atoms with van der Waals surface area (Å²) < 4.78 is 5.78. The molecule has 0 radical (unpaired) electrons. The fraction of sp³-hybridized carbons (Fsp3) is 0.0909. The number of nitrogens with zero attached hydrogens (tertiary/aromatic N) is 1. The van der Waals surface area contributed by atoms with Gasteiger partial charge >= 0.3 is 5.97 Å². The molecule has 0 spiro atoms. The summed E-state index contributed by atoms with van der Waals surface area (Å²) in [5.74, 6) is 0.259. The summed E-state index contributed by atoms with van der Waals surface area (Å²) >= 11 is 1.60. The number of carbonyl (C=O) groups excluding carboxylic acids is 1. The van der Waals surface area contributed by atoms with Gasteiger partial charge in [-0.1, -0.05) is 42.5 Å². The van der Waals surface area contributed by atoms with E-state index in [0.29, 0.717) is 11.3 Å². The number of ether oxygens (including phenoxy) is 1. The van der Waals surface area contributed by atoms with Gasteiger partial charge in [-0.15, -0.1) is 11.3 Å².